The van der Waals surface area contributed by atoms with E-state index in [0.717, 1.165) is 9.87 Å². The number of nitrogens with one attached hydrogen (secondary N) is 1. The van der Waals surface area contributed by atoms with Crippen molar-refractivity contribution in [2.75, 3.05) is 26.0 Å². The Morgan fingerprint density at radius 3 is 2.50 bits per heavy atom. The van der Waals surface area contributed by atoms with Gasteiger partial charge in [-0.25, -0.2) is 22.7 Å². The van der Waals surface area contributed by atoms with Gasteiger partial charge in [0, 0.05) is 31.1 Å². The highest BCUT2D eigenvalue weighted by molar-refractivity contribution is 7.89. The van der Waals surface area contributed by atoms with Gasteiger partial charge in [0.25, 0.3) is 5.91 Å². The Bertz CT molecular complexity index is 1160. The van der Waals surface area contributed by atoms with E-state index in [1.807, 2.05) is 6.92 Å². The highest BCUT2D eigenvalue weighted by Gasteiger charge is 2.18. The standard InChI is InChI=1S/C19H19ClN4O4S2/c1-4-28-16-10-9-14(20)17(22-16)18(25)23-19-21-15(11-29-19)12-5-7-13(8-6-12)30(26,27)24(2)3/h5-11H,4H2,1-3H3,(H,21,23,25). The first kappa shape index (κ1) is 22.2. The van der Waals surface area contributed by atoms with Gasteiger partial charge in [0.15, 0.2) is 10.8 Å². The summed E-state index contributed by atoms with van der Waals surface area (Å²) < 4.78 is 30.8. The summed E-state index contributed by atoms with van der Waals surface area (Å²) in [5.74, 6) is -0.200. The fourth-order valence-electron chi connectivity index (χ4n) is 2.44. The molecule has 1 N–H and O–H groups in total. The lowest BCUT2D eigenvalue weighted by Gasteiger charge is -2.11. The van der Waals surface area contributed by atoms with E-state index >= 15 is 0 Å². The van der Waals surface area contributed by atoms with Crippen LogP contribution in [0.5, 0.6) is 5.88 Å². The molecule has 0 unspecified atom stereocenters. The SMILES string of the molecule is CCOc1ccc(Cl)c(C(=O)Nc2nc(-c3ccc(S(=O)(=O)N(C)C)cc3)cs2)n1. The minimum absolute atomic E-state index is 0.0395. The third kappa shape index (κ3) is 4.78. The Morgan fingerprint density at radius 2 is 1.87 bits per heavy atom. The molecule has 2 heterocycles. The number of hydrogen-bond acceptors (Lipinski definition) is 7. The first-order valence-electron chi connectivity index (χ1n) is 8.81. The summed E-state index contributed by atoms with van der Waals surface area (Å²) >= 11 is 7.31. The molecule has 1 aromatic carbocycles. The van der Waals surface area contributed by atoms with E-state index in [4.69, 9.17) is 16.3 Å². The molecule has 0 fully saturated rings. The summed E-state index contributed by atoms with van der Waals surface area (Å²) in [5, 5.41) is 4.99. The average molecular weight is 467 g/mol. The quantitative estimate of drug-likeness (QED) is 0.568. The summed E-state index contributed by atoms with van der Waals surface area (Å²) in [5.41, 5.74) is 1.36. The first-order chi connectivity index (χ1) is 14.2. The fourth-order valence-corrected chi connectivity index (χ4v) is 4.25. The summed E-state index contributed by atoms with van der Waals surface area (Å²) in [4.78, 5) is 21.2. The highest BCUT2D eigenvalue weighted by Crippen LogP contribution is 2.27. The van der Waals surface area contributed by atoms with Gasteiger partial charge in [-0.3, -0.25) is 10.1 Å². The number of benzene rings is 1. The highest BCUT2D eigenvalue weighted by atomic mass is 35.5. The molecule has 30 heavy (non-hydrogen) atoms. The number of nitrogens with zero attached hydrogens (tertiary/aromatic N) is 3. The van der Waals surface area contributed by atoms with Crippen LogP contribution in [-0.2, 0) is 10.0 Å². The summed E-state index contributed by atoms with van der Waals surface area (Å²) in [6.45, 7) is 2.23. The number of hydrogen-bond donors (Lipinski definition) is 1. The summed E-state index contributed by atoms with van der Waals surface area (Å²) in [6, 6.07) is 9.51. The Morgan fingerprint density at radius 1 is 1.17 bits per heavy atom. The van der Waals surface area contributed by atoms with E-state index in [9.17, 15) is 13.2 Å². The lowest BCUT2D eigenvalue weighted by Crippen LogP contribution is -2.22. The van der Waals surface area contributed by atoms with E-state index in [1.165, 1.54) is 37.6 Å². The Kier molecular flexibility index (Phi) is 6.71. The number of ether oxygens (including phenoxy) is 1. The van der Waals surface area contributed by atoms with Gasteiger partial charge < -0.3 is 4.74 Å². The van der Waals surface area contributed by atoms with Crippen LogP contribution in [0.4, 0.5) is 5.13 Å². The second-order valence-corrected chi connectivity index (χ2v) is 9.63. The maximum atomic E-state index is 12.5. The molecular weight excluding hydrogens is 448 g/mol. The van der Waals surface area contributed by atoms with Crippen LogP contribution in [0.15, 0.2) is 46.7 Å². The molecule has 0 aliphatic rings. The maximum absolute atomic E-state index is 12.5. The van der Waals surface area contributed by atoms with Crippen LogP contribution in [0.3, 0.4) is 0 Å². The molecule has 0 spiro atoms. The average Bonchev–Trinajstić information content (AvgIpc) is 3.18. The molecule has 0 saturated carbocycles. The van der Waals surface area contributed by atoms with Crippen molar-refractivity contribution in [1.29, 1.82) is 0 Å². The number of carbonyl (C=O) groups excluding carboxylic acids is 1. The molecular formula is C19H19ClN4O4S2. The number of anilines is 1. The zero-order valence-electron chi connectivity index (χ0n) is 16.4. The molecule has 0 aliphatic heterocycles. The largest absolute Gasteiger partial charge is 0.478 e. The van der Waals surface area contributed by atoms with E-state index in [2.05, 4.69) is 15.3 Å². The van der Waals surface area contributed by atoms with E-state index in [-0.39, 0.29) is 15.6 Å². The number of amides is 1. The van der Waals surface area contributed by atoms with Gasteiger partial charge in [-0.2, -0.15) is 0 Å². The second kappa shape index (κ2) is 9.09. The van der Waals surface area contributed by atoms with Crippen molar-refractivity contribution in [3.8, 4) is 17.1 Å². The van der Waals surface area contributed by atoms with Gasteiger partial charge in [-0.15, -0.1) is 11.3 Å². The van der Waals surface area contributed by atoms with Gasteiger partial charge in [0.05, 0.1) is 22.2 Å². The molecule has 0 bridgehead atoms. The normalized spacial score (nSPS) is 11.5. The molecule has 0 radical (unpaired) electrons. The topological polar surface area (TPSA) is 101 Å². The number of aromatic nitrogens is 2. The fraction of sp³-hybridized carbons (Fsp3) is 0.211. The number of rotatable bonds is 7. The molecule has 0 atom stereocenters. The predicted molar refractivity (Wildman–Crippen MR) is 117 cm³/mol. The van der Waals surface area contributed by atoms with Crippen LogP contribution in [-0.4, -0.2) is 49.3 Å². The monoisotopic (exact) mass is 466 g/mol. The third-order valence-corrected chi connectivity index (χ3v) is 6.87. The summed E-state index contributed by atoms with van der Waals surface area (Å²) in [7, 11) is -0.548. The number of pyridine rings is 1. The molecule has 11 heteroatoms. The first-order valence-corrected chi connectivity index (χ1v) is 11.5. The zero-order chi connectivity index (χ0) is 21.9. The van der Waals surface area contributed by atoms with Gasteiger partial charge in [0.1, 0.15) is 0 Å². The van der Waals surface area contributed by atoms with Crippen LogP contribution in [0.25, 0.3) is 11.3 Å². The van der Waals surface area contributed by atoms with E-state index < -0.39 is 15.9 Å². The van der Waals surface area contributed by atoms with Crippen LogP contribution >= 0.6 is 22.9 Å². The molecule has 3 aromatic rings. The maximum Gasteiger partial charge on any atom is 0.277 e. The van der Waals surface area contributed by atoms with Crippen molar-refractivity contribution in [2.45, 2.75) is 11.8 Å². The van der Waals surface area contributed by atoms with Crippen molar-refractivity contribution in [3.05, 3.63) is 52.5 Å². The minimum atomic E-state index is -3.50. The zero-order valence-corrected chi connectivity index (χ0v) is 18.8. The van der Waals surface area contributed by atoms with Crippen molar-refractivity contribution in [2.24, 2.45) is 0 Å². The van der Waals surface area contributed by atoms with Crippen molar-refractivity contribution in [1.82, 2.24) is 14.3 Å². The van der Waals surface area contributed by atoms with Crippen molar-refractivity contribution in [3.63, 3.8) is 0 Å². The Balaban J connectivity index is 1.77. The molecule has 2 aromatic heterocycles. The molecule has 0 aliphatic carbocycles. The van der Waals surface area contributed by atoms with E-state index in [0.29, 0.717) is 23.3 Å². The number of carbonyl (C=O) groups is 1. The predicted octanol–water partition coefficient (Wildman–Crippen LogP) is 3.76. The number of thiazole rings is 1. The number of halogens is 1. The van der Waals surface area contributed by atoms with Crippen LogP contribution in [0, 0.1) is 0 Å². The molecule has 8 nitrogen and oxygen atoms in total. The van der Waals surface area contributed by atoms with Crippen molar-refractivity contribution < 1.29 is 17.9 Å². The smallest absolute Gasteiger partial charge is 0.277 e. The van der Waals surface area contributed by atoms with E-state index in [1.54, 1.807) is 29.6 Å². The second-order valence-electron chi connectivity index (χ2n) is 6.22. The van der Waals surface area contributed by atoms with Crippen LogP contribution in [0.2, 0.25) is 5.02 Å². The van der Waals surface area contributed by atoms with Gasteiger partial charge in [-0.05, 0) is 25.1 Å². The molecule has 0 saturated heterocycles. The molecule has 158 valence electrons. The van der Waals surface area contributed by atoms with Gasteiger partial charge >= 0.3 is 0 Å². The third-order valence-electron chi connectivity index (χ3n) is 3.98. The lowest BCUT2D eigenvalue weighted by atomic mass is 10.2. The van der Waals surface area contributed by atoms with Gasteiger partial charge in [-0.1, -0.05) is 23.7 Å². The lowest BCUT2D eigenvalue weighted by molar-refractivity contribution is 0.102. The van der Waals surface area contributed by atoms with Gasteiger partial charge in [0.2, 0.25) is 15.9 Å². The summed E-state index contributed by atoms with van der Waals surface area (Å²) in [6.07, 6.45) is 0. The van der Waals surface area contributed by atoms with Crippen LogP contribution < -0.4 is 10.1 Å². The minimum Gasteiger partial charge on any atom is -0.478 e. The Labute approximate surface area is 183 Å². The van der Waals surface area contributed by atoms with Crippen molar-refractivity contribution >= 4 is 44.0 Å². The van der Waals surface area contributed by atoms with Crippen LogP contribution in [0.1, 0.15) is 17.4 Å². The molecule has 1 amide bonds. The Hall–Kier alpha value is -2.53. The molecule has 3 rings (SSSR count). The number of sulfonamides is 1.